The van der Waals surface area contributed by atoms with Crippen LogP contribution in [0, 0.1) is 13.8 Å². The zero-order chi connectivity index (χ0) is 14.0. The average molecular weight is 259 g/mol. The number of carbonyl (C=O) groups excluding carboxylic acids is 1. The first-order valence-electron chi connectivity index (χ1n) is 6.03. The van der Waals surface area contributed by atoms with Crippen LogP contribution in [-0.2, 0) is 4.79 Å². The van der Waals surface area contributed by atoms with Crippen molar-refractivity contribution in [1.29, 1.82) is 0 Å². The minimum Gasteiger partial charge on any atom is -0.323 e. The fourth-order valence-corrected chi connectivity index (χ4v) is 1.70. The van der Waals surface area contributed by atoms with Crippen LogP contribution in [0.15, 0.2) is 24.4 Å². The lowest BCUT2D eigenvalue weighted by atomic mass is 10.3. The fourth-order valence-electron chi connectivity index (χ4n) is 1.70. The molecule has 0 radical (unpaired) electrons. The van der Waals surface area contributed by atoms with Crippen molar-refractivity contribution in [3.8, 4) is 5.82 Å². The van der Waals surface area contributed by atoms with Crippen molar-refractivity contribution in [1.82, 2.24) is 14.8 Å². The van der Waals surface area contributed by atoms with Crippen LogP contribution in [0.3, 0.4) is 0 Å². The molecule has 0 fully saturated rings. The van der Waals surface area contributed by atoms with Gasteiger partial charge in [0.05, 0.1) is 23.6 Å². The molecule has 1 atom stereocenters. The van der Waals surface area contributed by atoms with E-state index in [0.717, 1.165) is 11.4 Å². The first-order chi connectivity index (χ1) is 8.97. The van der Waals surface area contributed by atoms with Crippen LogP contribution >= 0.6 is 0 Å². The van der Waals surface area contributed by atoms with Crippen molar-refractivity contribution >= 4 is 11.6 Å². The van der Waals surface area contributed by atoms with Crippen molar-refractivity contribution in [3.63, 3.8) is 0 Å². The number of aryl methyl sites for hydroxylation is 2. The van der Waals surface area contributed by atoms with Gasteiger partial charge in [0.25, 0.3) is 0 Å². The predicted molar refractivity (Wildman–Crippen MR) is 73.1 cm³/mol. The minimum absolute atomic E-state index is 0.235. The van der Waals surface area contributed by atoms with Crippen molar-refractivity contribution in [3.05, 3.63) is 35.8 Å². The molecule has 2 heterocycles. The molecule has 1 amide bonds. The first-order valence-corrected chi connectivity index (χ1v) is 6.03. The summed E-state index contributed by atoms with van der Waals surface area (Å²) in [6, 6.07) is 5.01. The third kappa shape index (κ3) is 2.97. The number of nitrogens with one attached hydrogen (secondary N) is 1. The van der Waals surface area contributed by atoms with Gasteiger partial charge < -0.3 is 11.1 Å². The maximum absolute atomic E-state index is 11.4. The number of anilines is 1. The largest absolute Gasteiger partial charge is 0.323 e. The molecule has 0 bridgehead atoms. The number of nitrogens with two attached hydrogens (primary N) is 1. The molecule has 6 heteroatoms. The zero-order valence-corrected chi connectivity index (χ0v) is 11.2. The molecule has 3 N–H and O–H groups in total. The van der Waals surface area contributed by atoms with Crippen LogP contribution in [0.25, 0.3) is 5.82 Å². The van der Waals surface area contributed by atoms with Gasteiger partial charge in [-0.05, 0) is 39.0 Å². The van der Waals surface area contributed by atoms with E-state index in [9.17, 15) is 4.79 Å². The monoisotopic (exact) mass is 259 g/mol. The number of hydrogen-bond acceptors (Lipinski definition) is 4. The highest BCUT2D eigenvalue weighted by atomic mass is 16.2. The summed E-state index contributed by atoms with van der Waals surface area (Å²) in [6.45, 7) is 5.53. The highest BCUT2D eigenvalue weighted by Crippen LogP contribution is 2.12. The van der Waals surface area contributed by atoms with E-state index in [1.165, 1.54) is 0 Å². The third-order valence-corrected chi connectivity index (χ3v) is 2.66. The summed E-state index contributed by atoms with van der Waals surface area (Å²) in [6.07, 6.45) is 1.59. The van der Waals surface area contributed by atoms with Gasteiger partial charge >= 0.3 is 0 Å². The maximum atomic E-state index is 11.4. The normalized spacial score (nSPS) is 12.2. The summed E-state index contributed by atoms with van der Waals surface area (Å²) < 4.78 is 1.76. The van der Waals surface area contributed by atoms with Crippen molar-refractivity contribution in [2.24, 2.45) is 5.73 Å². The van der Waals surface area contributed by atoms with Crippen molar-refractivity contribution < 1.29 is 4.79 Å². The highest BCUT2D eigenvalue weighted by molar-refractivity contribution is 5.94. The van der Waals surface area contributed by atoms with Gasteiger partial charge in [-0.1, -0.05) is 0 Å². The van der Waals surface area contributed by atoms with Crippen molar-refractivity contribution in [2.45, 2.75) is 26.8 Å². The second-order valence-corrected chi connectivity index (χ2v) is 4.52. The lowest BCUT2D eigenvalue weighted by Gasteiger charge is -2.08. The Bertz CT molecular complexity index is 586. The van der Waals surface area contributed by atoms with Gasteiger partial charge in [-0.2, -0.15) is 5.10 Å². The standard InChI is InChI=1S/C13H17N5O/c1-8-6-9(2)18(17-8)12-5-4-11(7-15-12)16-13(19)10(3)14/h4-7,10H,14H2,1-3H3,(H,16,19)/t10-/m0/s1. The maximum Gasteiger partial charge on any atom is 0.241 e. The predicted octanol–water partition coefficient (Wildman–Crippen LogP) is 1.17. The van der Waals surface area contributed by atoms with E-state index < -0.39 is 6.04 Å². The van der Waals surface area contributed by atoms with Gasteiger partial charge in [-0.3, -0.25) is 4.79 Å². The molecule has 100 valence electrons. The van der Waals surface area contributed by atoms with E-state index >= 15 is 0 Å². The van der Waals surface area contributed by atoms with E-state index in [4.69, 9.17) is 5.73 Å². The second-order valence-electron chi connectivity index (χ2n) is 4.52. The molecule has 0 saturated carbocycles. The van der Waals surface area contributed by atoms with Gasteiger partial charge in [0, 0.05) is 5.69 Å². The van der Waals surface area contributed by atoms with E-state index in [0.29, 0.717) is 11.5 Å². The topological polar surface area (TPSA) is 85.8 Å². The third-order valence-electron chi connectivity index (χ3n) is 2.66. The molecule has 0 spiro atoms. The molecule has 2 rings (SSSR count). The number of amides is 1. The average Bonchev–Trinajstić information content (AvgIpc) is 2.69. The Kier molecular flexibility index (Phi) is 3.62. The highest BCUT2D eigenvalue weighted by Gasteiger charge is 2.08. The molecular formula is C13H17N5O. The molecule has 2 aromatic heterocycles. The number of hydrogen-bond donors (Lipinski definition) is 2. The van der Waals surface area contributed by atoms with Gasteiger partial charge in [0.2, 0.25) is 5.91 Å². The van der Waals surface area contributed by atoms with Gasteiger partial charge in [-0.15, -0.1) is 0 Å². The Morgan fingerprint density at radius 3 is 2.63 bits per heavy atom. The van der Waals surface area contributed by atoms with Crippen LogP contribution in [-0.4, -0.2) is 26.7 Å². The summed E-state index contributed by atoms with van der Waals surface area (Å²) >= 11 is 0. The Hall–Kier alpha value is -2.21. The van der Waals surface area contributed by atoms with Crippen LogP contribution in [0.5, 0.6) is 0 Å². The number of carbonyl (C=O) groups is 1. The SMILES string of the molecule is Cc1cc(C)n(-c2ccc(NC(=O)[C@H](C)N)cn2)n1. The molecule has 0 saturated heterocycles. The van der Waals surface area contributed by atoms with Gasteiger partial charge in [0.1, 0.15) is 0 Å². The molecular weight excluding hydrogens is 242 g/mol. The summed E-state index contributed by atoms with van der Waals surface area (Å²) in [7, 11) is 0. The summed E-state index contributed by atoms with van der Waals surface area (Å²) in [5.74, 6) is 0.477. The Labute approximate surface area is 111 Å². The molecule has 0 aromatic carbocycles. The van der Waals surface area contributed by atoms with Crippen LogP contribution in [0.2, 0.25) is 0 Å². The number of rotatable bonds is 3. The summed E-state index contributed by atoms with van der Waals surface area (Å²) in [5, 5.41) is 7.03. The Morgan fingerprint density at radius 2 is 2.16 bits per heavy atom. The summed E-state index contributed by atoms with van der Waals surface area (Å²) in [5.41, 5.74) is 8.05. The number of aromatic nitrogens is 3. The van der Waals surface area contributed by atoms with Crippen molar-refractivity contribution in [2.75, 3.05) is 5.32 Å². The van der Waals surface area contributed by atoms with Crippen LogP contribution in [0.1, 0.15) is 18.3 Å². The summed E-state index contributed by atoms with van der Waals surface area (Å²) in [4.78, 5) is 15.7. The smallest absolute Gasteiger partial charge is 0.241 e. The quantitative estimate of drug-likeness (QED) is 0.866. The second kappa shape index (κ2) is 5.19. The Balaban J connectivity index is 2.19. The molecule has 0 aliphatic carbocycles. The van der Waals surface area contributed by atoms with Crippen LogP contribution < -0.4 is 11.1 Å². The molecule has 0 aliphatic heterocycles. The van der Waals surface area contributed by atoms with Gasteiger partial charge in [-0.25, -0.2) is 9.67 Å². The molecule has 19 heavy (non-hydrogen) atoms. The number of nitrogens with zero attached hydrogens (tertiary/aromatic N) is 3. The fraction of sp³-hybridized carbons (Fsp3) is 0.308. The Morgan fingerprint density at radius 1 is 1.42 bits per heavy atom. The van der Waals surface area contributed by atoms with E-state index in [1.54, 1.807) is 29.9 Å². The molecule has 6 nitrogen and oxygen atoms in total. The van der Waals surface area contributed by atoms with E-state index in [2.05, 4.69) is 15.4 Å². The lowest BCUT2D eigenvalue weighted by Crippen LogP contribution is -2.32. The lowest BCUT2D eigenvalue weighted by molar-refractivity contribution is -0.117. The molecule has 0 aliphatic rings. The van der Waals surface area contributed by atoms with Gasteiger partial charge in [0.15, 0.2) is 5.82 Å². The van der Waals surface area contributed by atoms with E-state index in [1.807, 2.05) is 19.9 Å². The minimum atomic E-state index is -0.546. The number of pyridine rings is 1. The molecule has 2 aromatic rings. The van der Waals surface area contributed by atoms with Crippen LogP contribution in [0.4, 0.5) is 5.69 Å². The zero-order valence-electron chi connectivity index (χ0n) is 11.2. The van der Waals surface area contributed by atoms with E-state index in [-0.39, 0.29) is 5.91 Å². The molecule has 0 unspecified atom stereocenters. The first kappa shape index (κ1) is 13.2.